The number of hydrogen-bond acceptors (Lipinski definition) is 5. The van der Waals surface area contributed by atoms with Crippen molar-refractivity contribution in [3.8, 4) is 0 Å². The summed E-state index contributed by atoms with van der Waals surface area (Å²) in [6, 6.07) is -0.788. The molecule has 1 saturated carbocycles. The van der Waals surface area contributed by atoms with Crippen molar-refractivity contribution in [2.24, 2.45) is 0 Å². The van der Waals surface area contributed by atoms with Crippen LogP contribution in [-0.4, -0.2) is 59.1 Å². The van der Waals surface area contributed by atoms with Crippen molar-refractivity contribution in [3.63, 3.8) is 0 Å². The normalized spacial score (nSPS) is 21.7. The van der Waals surface area contributed by atoms with E-state index in [4.69, 9.17) is 0 Å². The molecule has 172 valence electrons. The van der Waals surface area contributed by atoms with Crippen LogP contribution in [0.25, 0.3) is 0 Å². The van der Waals surface area contributed by atoms with Gasteiger partial charge in [0.1, 0.15) is 6.04 Å². The minimum atomic E-state index is -0.613. The van der Waals surface area contributed by atoms with Gasteiger partial charge in [-0.3, -0.25) is 28.9 Å². The van der Waals surface area contributed by atoms with Crippen LogP contribution in [0.15, 0.2) is 12.2 Å². The summed E-state index contributed by atoms with van der Waals surface area (Å²) in [7, 11) is 0. The van der Waals surface area contributed by atoms with Gasteiger partial charge in [0.15, 0.2) is 0 Å². The van der Waals surface area contributed by atoms with E-state index in [9.17, 15) is 24.0 Å². The van der Waals surface area contributed by atoms with E-state index in [0.29, 0.717) is 57.9 Å². The first-order chi connectivity index (χ1) is 14.8. The molecular weight excluding hydrogens is 400 g/mol. The Morgan fingerprint density at radius 1 is 0.968 bits per heavy atom. The number of unbranched alkanes of at least 4 members (excludes halogenated alkanes) is 1. The minimum absolute atomic E-state index is 0.00251. The van der Waals surface area contributed by atoms with E-state index in [2.05, 4.69) is 16.0 Å². The summed E-state index contributed by atoms with van der Waals surface area (Å²) in [6.07, 6.45) is 7.90. The quantitative estimate of drug-likeness (QED) is 0.330. The Labute approximate surface area is 183 Å². The lowest BCUT2D eigenvalue weighted by molar-refractivity contribution is -0.140. The highest BCUT2D eigenvalue weighted by atomic mass is 16.2. The van der Waals surface area contributed by atoms with Crippen molar-refractivity contribution in [3.05, 3.63) is 12.2 Å². The third-order valence-electron chi connectivity index (χ3n) is 5.79. The molecule has 1 aliphatic heterocycles. The number of nitrogens with one attached hydrogen (secondary N) is 3. The molecule has 0 spiro atoms. The molecule has 1 fully saturated rings. The van der Waals surface area contributed by atoms with Gasteiger partial charge in [-0.05, 0) is 44.9 Å². The summed E-state index contributed by atoms with van der Waals surface area (Å²) in [5, 5.41) is 8.61. The zero-order valence-electron chi connectivity index (χ0n) is 18.4. The van der Waals surface area contributed by atoms with E-state index in [1.807, 2.05) is 0 Å². The second-order valence-corrected chi connectivity index (χ2v) is 8.07. The third kappa shape index (κ3) is 7.48. The van der Waals surface area contributed by atoms with Crippen molar-refractivity contribution in [2.45, 2.75) is 89.8 Å². The second kappa shape index (κ2) is 12.2. The number of nitrogens with zero attached hydrogens (tertiary/aromatic N) is 1. The van der Waals surface area contributed by atoms with Crippen molar-refractivity contribution in [1.29, 1.82) is 0 Å². The molecule has 5 amide bonds. The average Bonchev–Trinajstić information content (AvgIpc) is 3.10. The van der Waals surface area contributed by atoms with Crippen LogP contribution in [0, 0.1) is 0 Å². The molecule has 31 heavy (non-hydrogen) atoms. The van der Waals surface area contributed by atoms with Crippen LogP contribution in [0.2, 0.25) is 0 Å². The molecule has 1 heterocycles. The van der Waals surface area contributed by atoms with Crippen molar-refractivity contribution >= 4 is 29.5 Å². The van der Waals surface area contributed by atoms with E-state index < -0.39 is 6.04 Å². The summed E-state index contributed by atoms with van der Waals surface area (Å²) in [5.74, 6) is -0.929. The van der Waals surface area contributed by atoms with Gasteiger partial charge in [-0.1, -0.05) is 13.8 Å². The number of amides is 5. The number of imide groups is 1. The van der Waals surface area contributed by atoms with E-state index in [-0.39, 0.29) is 41.6 Å². The lowest BCUT2D eigenvalue weighted by Gasteiger charge is -2.34. The molecule has 9 nitrogen and oxygen atoms in total. The first kappa shape index (κ1) is 24.6. The maximum atomic E-state index is 12.8. The molecule has 0 aromatic rings. The van der Waals surface area contributed by atoms with Gasteiger partial charge in [-0.25, -0.2) is 0 Å². The highest BCUT2D eigenvalue weighted by molar-refractivity contribution is 6.13. The van der Waals surface area contributed by atoms with Gasteiger partial charge in [-0.15, -0.1) is 0 Å². The van der Waals surface area contributed by atoms with Gasteiger partial charge in [-0.2, -0.15) is 0 Å². The Bertz CT molecular complexity index is 695. The topological polar surface area (TPSA) is 125 Å². The molecule has 0 bridgehead atoms. The van der Waals surface area contributed by atoms with Crippen LogP contribution in [0.3, 0.4) is 0 Å². The zero-order chi connectivity index (χ0) is 22.8. The molecule has 2 rings (SSSR count). The Balaban J connectivity index is 1.79. The van der Waals surface area contributed by atoms with Gasteiger partial charge < -0.3 is 16.0 Å². The highest BCUT2D eigenvalue weighted by Gasteiger charge is 2.34. The molecular formula is C22H34N4O5. The first-order valence-electron chi connectivity index (χ1n) is 11.3. The SMILES string of the molecule is CCC(=O)NCCCCC(NC(=O)CC)C(=O)NC1CCC(N2C(=O)C=CC2=O)CC1. The monoisotopic (exact) mass is 434 g/mol. The molecule has 0 saturated heterocycles. The number of carbonyl (C=O) groups excluding carboxylic acids is 5. The van der Waals surface area contributed by atoms with E-state index in [1.165, 1.54) is 17.1 Å². The largest absolute Gasteiger partial charge is 0.356 e. The van der Waals surface area contributed by atoms with E-state index in [1.54, 1.807) is 13.8 Å². The van der Waals surface area contributed by atoms with Crippen molar-refractivity contribution < 1.29 is 24.0 Å². The lowest BCUT2D eigenvalue weighted by Crippen LogP contribution is -2.51. The fraction of sp³-hybridized carbons (Fsp3) is 0.682. The van der Waals surface area contributed by atoms with Crippen LogP contribution in [0.1, 0.15) is 71.6 Å². The van der Waals surface area contributed by atoms with E-state index in [0.717, 1.165) is 6.42 Å². The Hall–Kier alpha value is -2.71. The van der Waals surface area contributed by atoms with Gasteiger partial charge in [0.25, 0.3) is 11.8 Å². The minimum Gasteiger partial charge on any atom is -0.356 e. The van der Waals surface area contributed by atoms with Crippen LogP contribution < -0.4 is 16.0 Å². The predicted molar refractivity (Wildman–Crippen MR) is 115 cm³/mol. The standard InChI is InChI=1S/C22H34N4O5/c1-3-18(27)23-14-6-5-7-17(25-19(28)4-2)22(31)24-15-8-10-16(11-9-15)26-20(29)12-13-21(26)30/h12-13,15-17H,3-11,14H2,1-2H3,(H,23,27)(H,24,31)(H,25,28). The Morgan fingerprint density at radius 3 is 2.16 bits per heavy atom. The Kier molecular flexibility index (Phi) is 9.68. The molecule has 0 radical (unpaired) electrons. The average molecular weight is 435 g/mol. The third-order valence-corrected chi connectivity index (χ3v) is 5.79. The van der Waals surface area contributed by atoms with Gasteiger partial charge in [0, 0.05) is 43.6 Å². The molecule has 3 N–H and O–H groups in total. The summed E-state index contributed by atoms with van der Waals surface area (Å²) in [6.45, 7) is 4.08. The molecule has 0 aromatic heterocycles. The zero-order valence-corrected chi connectivity index (χ0v) is 18.4. The number of rotatable bonds is 11. The van der Waals surface area contributed by atoms with Gasteiger partial charge in [0.05, 0.1) is 0 Å². The maximum Gasteiger partial charge on any atom is 0.253 e. The van der Waals surface area contributed by atoms with Crippen molar-refractivity contribution in [1.82, 2.24) is 20.9 Å². The summed E-state index contributed by atoms with van der Waals surface area (Å²) in [4.78, 5) is 61.0. The van der Waals surface area contributed by atoms with E-state index >= 15 is 0 Å². The molecule has 2 aliphatic rings. The second-order valence-electron chi connectivity index (χ2n) is 8.07. The summed E-state index contributed by atoms with van der Waals surface area (Å²) in [5.41, 5.74) is 0. The van der Waals surface area contributed by atoms with Crippen LogP contribution in [-0.2, 0) is 24.0 Å². The maximum absolute atomic E-state index is 12.8. The molecule has 0 aromatic carbocycles. The van der Waals surface area contributed by atoms with Crippen LogP contribution >= 0.6 is 0 Å². The number of hydrogen-bond donors (Lipinski definition) is 3. The van der Waals surface area contributed by atoms with Crippen LogP contribution in [0.4, 0.5) is 0 Å². The Morgan fingerprint density at radius 2 is 1.58 bits per heavy atom. The fourth-order valence-electron chi connectivity index (χ4n) is 3.94. The molecule has 1 unspecified atom stereocenters. The predicted octanol–water partition coefficient (Wildman–Crippen LogP) is 0.930. The highest BCUT2D eigenvalue weighted by Crippen LogP contribution is 2.25. The van der Waals surface area contributed by atoms with Gasteiger partial charge >= 0.3 is 0 Å². The molecule has 9 heteroatoms. The first-order valence-corrected chi connectivity index (χ1v) is 11.3. The van der Waals surface area contributed by atoms with Gasteiger partial charge in [0.2, 0.25) is 17.7 Å². The smallest absolute Gasteiger partial charge is 0.253 e. The molecule has 1 atom stereocenters. The summed E-state index contributed by atoms with van der Waals surface area (Å²) >= 11 is 0. The molecule has 1 aliphatic carbocycles. The number of carbonyl (C=O) groups is 5. The fourth-order valence-corrected chi connectivity index (χ4v) is 3.94. The summed E-state index contributed by atoms with van der Waals surface area (Å²) < 4.78 is 0. The van der Waals surface area contributed by atoms with Crippen molar-refractivity contribution in [2.75, 3.05) is 6.54 Å². The lowest BCUT2D eigenvalue weighted by atomic mass is 9.90. The van der Waals surface area contributed by atoms with Crippen LogP contribution in [0.5, 0.6) is 0 Å².